The molecule has 0 fully saturated rings. The Balaban J connectivity index is 2.51. The molecule has 1 aromatic heterocycles. The largest absolute Gasteiger partial charge is 0.309 e. The van der Waals surface area contributed by atoms with Gasteiger partial charge in [-0.1, -0.05) is 18.2 Å². The van der Waals surface area contributed by atoms with E-state index in [4.69, 9.17) is 5.41 Å². The minimum atomic E-state index is 0.858. The van der Waals surface area contributed by atoms with Crippen LogP contribution in [0.2, 0.25) is 0 Å². The summed E-state index contributed by atoms with van der Waals surface area (Å²) in [7, 11) is 0. The Hall–Kier alpha value is -1.70. The smallest absolute Gasteiger partial charge is 0.0378 e. The van der Waals surface area contributed by atoms with E-state index in [9.17, 15) is 0 Å². The van der Waals surface area contributed by atoms with E-state index in [0.29, 0.717) is 0 Å². The Morgan fingerprint density at radius 1 is 1.43 bits per heavy atom. The second kappa shape index (κ2) is 5.86. The zero-order valence-electron chi connectivity index (χ0n) is 8.27. The summed E-state index contributed by atoms with van der Waals surface area (Å²) in [6.07, 6.45) is 11.7. The second-order valence-electron chi connectivity index (χ2n) is 2.96. The van der Waals surface area contributed by atoms with Gasteiger partial charge < -0.3 is 5.41 Å². The molecule has 0 atom stereocenters. The van der Waals surface area contributed by atoms with Crippen LogP contribution >= 0.6 is 0 Å². The van der Waals surface area contributed by atoms with E-state index in [0.717, 1.165) is 12.1 Å². The third kappa shape index (κ3) is 3.81. The maximum absolute atomic E-state index is 6.79. The van der Waals surface area contributed by atoms with Crippen LogP contribution in [0.3, 0.4) is 0 Å². The van der Waals surface area contributed by atoms with E-state index in [-0.39, 0.29) is 0 Å². The number of pyridine rings is 1. The molecule has 0 saturated carbocycles. The quantitative estimate of drug-likeness (QED) is 0.721. The van der Waals surface area contributed by atoms with Crippen molar-refractivity contribution in [1.82, 2.24) is 4.98 Å². The number of nitrogens with zero attached hydrogens (tertiary/aromatic N) is 1. The van der Waals surface area contributed by atoms with Crippen molar-refractivity contribution < 1.29 is 0 Å². The maximum Gasteiger partial charge on any atom is 0.0378 e. The molecular weight excluding hydrogens is 172 g/mol. The molecule has 0 aliphatic rings. The molecule has 0 radical (unpaired) electrons. The number of hydrogen-bond acceptors (Lipinski definition) is 2. The van der Waals surface area contributed by atoms with Gasteiger partial charge in [0, 0.05) is 18.1 Å². The van der Waals surface area contributed by atoms with Crippen molar-refractivity contribution in [3.05, 3.63) is 47.8 Å². The van der Waals surface area contributed by atoms with E-state index < -0.39 is 0 Å². The molecule has 1 N–H and O–H groups in total. The van der Waals surface area contributed by atoms with Crippen molar-refractivity contribution in [3.63, 3.8) is 0 Å². The molecule has 0 aliphatic carbocycles. The first kappa shape index (κ1) is 10.4. The van der Waals surface area contributed by atoms with E-state index in [1.54, 1.807) is 6.08 Å². The summed E-state index contributed by atoms with van der Waals surface area (Å²) in [6, 6.07) is 4.01. The third-order valence-electron chi connectivity index (χ3n) is 1.74. The summed E-state index contributed by atoms with van der Waals surface area (Å²) in [5, 5.41) is 6.79. The lowest BCUT2D eigenvalue weighted by atomic mass is 10.2. The second-order valence-corrected chi connectivity index (χ2v) is 2.96. The van der Waals surface area contributed by atoms with Crippen molar-refractivity contribution >= 4 is 12.3 Å². The Labute approximate surface area is 84.5 Å². The highest BCUT2D eigenvalue weighted by Gasteiger charge is 1.86. The van der Waals surface area contributed by atoms with Gasteiger partial charge in [0.1, 0.15) is 0 Å². The van der Waals surface area contributed by atoms with E-state index >= 15 is 0 Å². The van der Waals surface area contributed by atoms with Gasteiger partial charge in [-0.3, -0.25) is 4.98 Å². The summed E-state index contributed by atoms with van der Waals surface area (Å²) in [5.41, 5.74) is 2.20. The predicted octanol–water partition coefficient (Wildman–Crippen LogP) is 3.00. The first-order chi connectivity index (χ1) is 6.83. The fourth-order valence-corrected chi connectivity index (χ4v) is 1.10. The van der Waals surface area contributed by atoms with Gasteiger partial charge in [-0.25, -0.2) is 0 Å². The van der Waals surface area contributed by atoms with Gasteiger partial charge >= 0.3 is 0 Å². The molecule has 2 heteroatoms. The van der Waals surface area contributed by atoms with Crippen LogP contribution < -0.4 is 0 Å². The van der Waals surface area contributed by atoms with Crippen LogP contribution in [-0.4, -0.2) is 11.2 Å². The van der Waals surface area contributed by atoms with Gasteiger partial charge in [0.25, 0.3) is 0 Å². The van der Waals surface area contributed by atoms with E-state index in [2.05, 4.69) is 17.1 Å². The summed E-state index contributed by atoms with van der Waals surface area (Å²) in [4.78, 5) is 4.12. The highest BCUT2D eigenvalue weighted by Crippen LogP contribution is 2.03. The van der Waals surface area contributed by atoms with Gasteiger partial charge in [-0.2, -0.15) is 0 Å². The fourth-order valence-electron chi connectivity index (χ4n) is 1.10. The molecule has 14 heavy (non-hydrogen) atoms. The topological polar surface area (TPSA) is 36.7 Å². The average molecular weight is 186 g/mol. The fraction of sp³-hybridized carbons (Fsp3) is 0.167. The normalized spacial score (nSPS) is 11.2. The van der Waals surface area contributed by atoms with Gasteiger partial charge in [0.05, 0.1) is 0 Å². The van der Waals surface area contributed by atoms with Crippen LogP contribution in [0.4, 0.5) is 0 Å². The van der Waals surface area contributed by atoms with Crippen LogP contribution in [0.5, 0.6) is 0 Å². The first-order valence-corrected chi connectivity index (χ1v) is 4.58. The summed E-state index contributed by atoms with van der Waals surface area (Å²) in [6.45, 7) is 1.98. The number of nitrogens with one attached hydrogen (secondary N) is 1. The van der Waals surface area contributed by atoms with Gasteiger partial charge in [-0.05, 0) is 37.1 Å². The number of aryl methyl sites for hydroxylation is 1. The lowest BCUT2D eigenvalue weighted by Crippen LogP contribution is -1.79. The number of rotatable bonds is 4. The molecule has 0 amide bonds. The molecule has 72 valence electrons. The predicted molar refractivity (Wildman–Crippen MR) is 60.5 cm³/mol. The van der Waals surface area contributed by atoms with Crippen LogP contribution in [0, 0.1) is 12.3 Å². The first-order valence-electron chi connectivity index (χ1n) is 4.58. The Bertz CT molecular complexity index is 351. The number of aromatic nitrogens is 1. The SMILES string of the molecule is Cc1cc(/C=C/CC=CC=N)ccn1. The molecule has 1 heterocycles. The minimum Gasteiger partial charge on any atom is -0.309 e. The molecular formula is C12H14N2. The molecule has 1 aromatic rings. The third-order valence-corrected chi connectivity index (χ3v) is 1.74. The summed E-state index contributed by atoms with van der Waals surface area (Å²) >= 11 is 0. The molecule has 0 saturated heterocycles. The highest BCUT2D eigenvalue weighted by atomic mass is 14.6. The molecule has 2 nitrogen and oxygen atoms in total. The van der Waals surface area contributed by atoms with Crippen molar-refractivity contribution in [2.75, 3.05) is 0 Å². The molecule has 0 spiro atoms. The summed E-state index contributed by atoms with van der Waals surface area (Å²) in [5.74, 6) is 0. The van der Waals surface area contributed by atoms with Crippen LogP contribution in [0.25, 0.3) is 6.08 Å². The van der Waals surface area contributed by atoms with Crippen molar-refractivity contribution in [2.45, 2.75) is 13.3 Å². The Morgan fingerprint density at radius 3 is 3.00 bits per heavy atom. The Morgan fingerprint density at radius 2 is 2.29 bits per heavy atom. The highest BCUT2D eigenvalue weighted by molar-refractivity contribution is 5.67. The lowest BCUT2D eigenvalue weighted by molar-refractivity contribution is 1.20. The lowest BCUT2D eigenvalue weighted by Gasteiger charge is -1.93. The van der Waals surface area contributed by atoms with Crippen LogP contribution in [0.15, 0.2) is 36.6 Å². The zero-order valence-corrected chi connectivity index (χ0v) is 8.27. The monoisotopic (exact) mass is 186 g/mol. The Kier molecular flexibility index (Phi) is 4.35. The van der Waals surface area contributed by atoms with Crippen LogP contribution in [0.1, 0.15) is 17.7 Å². The van der Waals surface area contributed by atoms with Crippen molar-refractivity contribution in [3.8, 4) is 0 Å². The molecule has 0 unspecified atom stereocenters. The molecule has 0 bridgehead atoms. The molecule has 1 rings (SSSR count). The van der Waals surface area contributed by atoms with Crippen molar-refractivity contribution in [2.24, 2.45) is 0 Å². The van der Waals surface area contributed by atoms with Gasteiger partial charge in [0.15, 0.2) is 0 Å². The molecule has 0 aliphatic heterocycles. The van der Waals surface area contributed by atoms with E-state index in [1.165, 1.54) is 11.8 Å². The van der Waals surface area contributed by atoms with Crippen LogP contribution in [-0.2, 0) is 0 Å². The maximum atomic E-state index is 6.79. The minimum absolute atomic E-state index is 0.858. The van der Waals surface area contributed by atoms with E-state index in [1.807, 2.05) is 31.3 Å². The van der Waals surface area contributed by atoms with Gasteiger partial charge in [0.2, 0.25) is 0 Å². The zero-order chi connectivity index (χ0) is 10.2. The van der Waals surface area contributed by atoms with Gasteiger partial charge in [-0.15, -0.1) is 0 Å². The standard InChI is InChI=1S/C12H14N2/c1-11-10-12(7-9-14-11)6-4-2-3-5-8-13/h3-10,13H,2H2,1H3/b5-3?,6-4+,13-8?. The average Bonchev–Trinajstić information content (AvgIpc) is 2.18. The summed E-state index contributed by atoms with van der Waals surface area (Å²) < 4.78 is 0. The number of hydrogen-bond donors (Lipinski definition) is 1. The molecule has 0 aromatic carbocycles. The van der Waals surface area contributed by atoms with Crippen molar-refractivity contribution in [1.29, 1.82) is 5.41 Å². The number of allylic oxidation sites excluding steroid dienone is 3.